The molecule has 4 saturated heterocycles. The van der Waals surface area contributed by atoms with Gasteiger partial charge in [-0.3, -0.25) is 4.90 Å². The van der Waals surface area contributed by atoms with Crippen molar-refractivity contribution in [1.29, 1.82) is 0 Å². The summed E-state index contributed by atoms with van der Waals surface area (Å²) >= 11 is 0. The van der Waals surface area contributed by atoms with Gasteiger partial charge in [-0.1, -0.05) is 12.0 Å². The summed E-state index contributed by atoms with van der Waals surface area (Å²) in [7, 11) is 0. The zero-order valence-corrected chi connectivity index (χ0v) is 24.2. The van der Waals surface area contributed by atoms with E-state index in [1.807, 2.05) is 0 Å². The summed E-state index contributed by atoms with van der Waals surface area (Å²) < 4.78 is 35.7. The summed E-state index contributed by atoms with van der Waals surface area (Å²) in [5.74, 6) is 3.07. The monoisotopic (exact) mass is 586 g/mol. The van der Waals surface area contributed by atoms with Crippen molar-refractivity contribution in [3.8, 4) is 24.1 Å². The van der Waals surface area contributed by atoms with Crippen molar-refractivity contribution >= 4 is 22.3 Å². The van der Waals surface area contributed by atoms with Crippen molar-refractivity contribution in [2.75, 3.05) is 49.1 Å². The standard InChI is InChI=1S/C33H36F2N6O2/c1-2-25-27(35)7-4-20-12-24(42)13-29(30(20)25)39-11-8-26-28(18-39)37-32(38-31(26)40-16-22-5-6-23(17-40)36-22)43-19-33-9-3-10-41(33)15-21(34)14-33/h1,4,7,12-13,21-23,36,42H,3,5-6,8-11,14-19H2/t21-,22?,23?,33+/m1/s1. The van der Waals surface area contributed by atoms with Crippen LogP contribution in [0.25, 0.3) is 10.8 Å². The Bertz CT molecular complexity index is 1630. The van der Waals surface area contributed by atoms with Crippen LogP contribution >= 0.6 is 0 Å². The number of piperazine rings is 1. The first kappa shape index (κ1) is 26.9. The van der Waals surface area contributed by atoms with E-state index < -0.39 is 12.0 Å². The fourth-order valence-electron chi connectivity index (χ4n) is 8.33. The van der Waals surface area contributed by atoms with E-state index in [2.05, 4.69) is 25.9 Å². The van der Waals surface area contributed by atoms with Gasteiger partial charge >= 0.3 is 6.01 Å². The molecule has 8 nitrogen and oxygen atoms in total. The summed E-state index contributed by atoms with van der Waals surface area (Å²) in [5.41, 5.74) is 2.52. The van der Waals surface area contributed by atoms with Gasteiger partial charge in [0.25, 0.3) is 0 Å². The van der Waals surface area contributed by atoms with E-state index in [0.29, 0.717) is 73.6 Å². The van der Waals surface area contributed by atoms with Gasteiger partial charge in [-0.2, -0.15) is 9.97 Å². The molecule has 2 N–H and O–H groups in total. The van der Waals surface area contributed by atoms with Gasteiger partial charge in [0.05, 0.1) is 23.3 Å². The minimum Gasteiger partial charge on any atom is -0.508 e. The quantitative estimate of drug-likeness (QED) is 0.436. The highest BCUT2D eigenvalue weighted by Crippen LogP contribution is 2.42. The van der Waals surface area contributed by atoms with Gasteiger partial charge in [0.1, 0.15) is 30.2 Å². The molecule has 0 spiro atoms. The molecule has 10 heteroatoms. The van der Waals surface area contributed by atoms with Gasteiger partial charge in [-0.05, 0) is 56.2 Å². The van der Waals surface area contributed by atoms with E-state index in [4.69, 9.17) is 21.1 Å². The van der Waals surface area contributed by atoms with Crippen molar-refractivity contribution in [1.82, 2.24) is 20.2 Å². The van der Waals surface area contributed by atoms with E-state index >= 15 is 0 Å². The zero-order valence-electron chi connectivity index (χ0n) is 24.2. The Kier molecular flexibility index (Phi) is 6.39. The number of fused-ring (bicyclic) bond motifs is 5. The first-order valence-corrected chi connectivity index (χ1v) is 15.5. The lowest BCUT2D eigenvalue weighted by atomic mass is 9.95. The number of rotatable bonds is 5. The molecule has 4 fully saturated rings. The summed E-state index contributed by atoms with van der Waals surface area (Å²) in [4.78, 5) is 16.7. The SMILES string of the molecule is C#Cc1c(F)ccc2cc(O)cc(N3CCc4c(nc(OC[C@@]56CCCN5C[C@H](F)C6)nc4N4CC5CCC(C4)N5)C3)c12. The van der Waals surface area contributed by atoms with Crippen LogP contribution in [0.15, 0.2) is 24.3 Å². The van der Waals surface area contributed by atoms with E-state index in [0.717, 1.165) is 62.4 Å². The van der Waals surface area contributed by atoms with Crippen LogP contribution in [0, 0.1) is 18.2 Å². The van der Waals surface area contributed by atoms with Crippen LogP contribution in [0.3, 0.4) is 0 Å². The second-order valence-electron chi connectivity index (χ2n) is 13.0. The molecule has 2 bridgehead atoms. The summed E-state index contributed by atoms with van der Waals surface area (Å²) in [6, 6.07) is 7.46. The van der Waals surface area contributed by atoms with Crippen LogP contribution in [0.1, 0.15) is 48.9 Å². The Morgan fingerprint density at radius 1 is 1.12 bits per heavy atom. The van der Waals surface area contributed by atoms with Crippen LogP contribution in [0.4, 0.5) is 20.3 Å². The van der Waals surface area contributed by atoms with Crippen LogP contribution in [-0.4, -0.2) is 83.1 Å². The van der Waals surface area contributed by atoms with E-state index in [1.165, 1.54) is 6.07 Å². The normalized spacial score (nSPS) is 28.3. The number of aromatic hydroxyl groups is 1. The summed E-state index contributed by atoms with van der Waals surface area (Å²) in [5, 5.41) is 15.6. The molecule has 0 radical (unpaired) electrons. The smallest absolute Gasteiger partial charge is 0.318 e. The number of benzene rings is 2. The molecule has 0 amide bonds. The van der Waals surface area contributed by atoms with Crippen LogP contribution in [-0.2, 0) is 13.0 Å². The number of hydrogen-bond donors (Lipinski definition) is 2. The predicted octanol–water partition coefficient (Wildman–Crippen LogP) is 3.91. The number of hydrogen-bond acceptors (Lipinski definition) is 8. The number of alkyl halides is 1. The van der Waals surface area contributed by atoms with Gasteiger partial charge in [0.2, 0.25) is 0 Å². The summed E-state index contributed by atoms with van der Waals surface area (Å²) in [6.45, 7) is 4.57. The van der Waals surface area contributed by atoms with Gasteiger partial charge in [-0.15, -0.1) is 6.42 Å². The maximum absolute atomic E-state index is 14.8. The fourth-order valence-corrected chi connectivity index (χ4v) is 8.33. The number of aromatic nitrogens is 2. The van der Waals surface area contributed by atoms with Crippen molar-refractivity contribution in [2.24, 2.45) is 0 Å². The van der Waals surface area contributed by atoms with Crippen molar-refractivity contribution in [2.45, 2.75) is 68.9 Å². The molecule has 8 rings (SSSR count). The molecule has 5 aliphatic heterocycles. The molecule has 43 heavy (non-hydrogen) atoms. The Balaban J connectivity index is 1.17. The van der Waals surface area contributed by atoms with Crippen LogP contribution in [0.2, 0.25) is 0 Å². The Labute approximate surface area is 250 Å². The number of halogens is 2. The van der Waals surface area contributed by atoms with Crippen molar-refractivity contribution in [3.05, 3.63) is 46.9 Å². The molecule has 224 valence electrons. The first-order valence-electron chi connectivity index (χ1n) is 15.5. The molecule has 0 aliphatic carbocycles. The molecule has 2 aromatic carbocycles. The van der Waals surface area contributed by atoms with E-state index in [-0.39, 0.29) is 16.9 Å². The lowest BCUT2D eigenvalue weighted by molar-refractivity contribution is 0.107. The zero-order chi connectivity index (χ0) is 29.3. The minimum atomic E-state index is -0.830. The van der Waals surface area contributed by atoms with Gasteiger partial charge in [-0.25, -0.2) is 8.78 Å². The maximum atomic E-state index is 14.8. The summed E-state index contributed by atoms with van der Waals surface area (Å²) in [6.07, 6.45) is 10.4. The molecule has 6 heterocycles. The Hall–Kier alpha value is -3.68. The lowest BCUT2D eigenvalue weighted by Gasteiger charge is -2.38. The second kappa shape index (κ2) is 10.2. The fraction of sp³-hybridized carbons (Fsp3) is 0.515. The third-order valence-corrected chi connectivity index (χ3v) is 10.3. The van der Waals surface area contributed by atoms with Gasteiger partial charge in [0, 0.05) is 67.4 Å². The van der Waals surface area contributed by atoms with Crippen molar-refractivity contribution in [3.63, 3.8) is 0 Å². The van der Waals surface area contributed by atoms with E-state index in [1.54, 1.807) is 18.2 Å². The number of anilines is 2. The number of phenolic OH excluding ortho intramolecular Hbond substituents is 1. The first-order chi connectivity index (χ1) is 20.9. The molecule has 3 aromatic rings. The van der Waals surface area contributed by atoms with E-state index in [9.17, 15) is 13.9 Å². The molecule has 5 aliphatic rings. The minimum absolute atomic E-state index is 0.0923. The predicted molar refractivity (Wildman–Crippen MR) is 161 cm³/mol. The number of nitrogens with one attached hydrogen (secondary N) is 1. The van der Waals surface area contributed by atoms with Crippen LogP contribution < -0.4 is 19.9 Å². The molecular formula is C33H36F2N6O2. The maximum Gasteiger partial charge on any atom is 0.318 e. The lowest BCUT2D eigenvalue weighted by Crippen LogP contribution is -2.52. The molecule has 1 aromatic heterocycles. The number of phenols is 1. The Morgan fingerprint density at radius 3 is 2.77 bits per heavy atom. The molecule has 0 saturated carbocycles. The Morgan fingerprint density at radius 2 is 1.95 bits per heavy atom. The second-order valence-corrected chi connectivity index (χ2v) is 13.0. The van der Waals surface area contributed by atoms with Gasteiger partial charge in [0.15, 0.2) is 0 Å². The number of nitrogens with zero attached hydrogens (tertiary/aromatic N) is 5. The molecule has 4 atom stereocenters. The topological polar surface area (TPSA) is 77.0 Å². The largest absolute Gasteiger partial charge is 0.508 e. The van der Waals surface area contributed by atoms with Crippen molar-refractivity contribution < 1.29 is 18.6 Å². The highest BCUT2D eigenvalue weighted by atomic mass is 19.1. The molecular weight excluding hydrogens is 550 g/mol. The highest BCUT2D eigenvalue weighted by Gasteiger charge is 2.49. The third kappa shape index (κ3) is 4.56. The van der Waals surface area contributed by atoms with Gasteiger partial charge < -0.3 is 25.0 Å². The third-order valence-electron chi connectivity index (χ3n) is 10.3. The average Bonchev–Trinajstić information content (AvgIpc) is 3.65. The average molecular weight is 587 g/mol. The van der Waals surface area contributed by atoms with Crippen LogP contribution in [0.5, 0.6) is 11.8 Å². The number of terminal acetylenes is 1. The highest BCUT2D eigenvalue weighted by molar-refractivity contribution is 6.00. The number of ether oxygens (including phenoxy) is 1. The molecule has 2 unspecified atom stereocenters.